The summed E-state index contributed by atoms with van der Waals surface area (Å²) in [6, 6.07) is 7.66. The SMILES string of the molecule is Cc1nc(CC(C)C)c(NC(=O)CCc2ccccc2N)s1.Cl. The number of anilines is 2. The number of nitrogens with two attached hydrogens (primary N) is 1. The molecule has 0 spiro atoms. The van der Waals surface area contributed by atoms with Gasteiger partial charge in [0.2, 0.25) is 5.91 Å². The highest BCUT2D eigenvalue weighted by Gasteiger charge is 2.13. The Kier molecular flexibility index (Phi) is 7.52. The maximum atomic E-state index is 12.2. The minimum atomic E-state index is 0. The molecule has 0 radical (unpaired) electrons. The Morgan fingerprint density at radius 2 is 2.04 bits per heavy atom. The normalized spacial score (nSPS) is 10.4. The molecule has 6 heteroatoms. The van der Waals surface area contributed by atoms with E-state index in [0.717, 1.165) is 33.4 Å². The van der Waals surface area contributed by atoms with Crippen molar-refractivity contribution < 1.29 is 4.79 Å². The third kappa shape index (κ3) is 5.84. The van der Waals surface area contributed by atoms with Gasteiger partial charge < -0.3 is 11.1 Å². The Balaban J connectivity index is 0.00000264. The molecule has 0 aliphatic heterocycles. The number of benzene rings is 1. The van der Waals surface area contributed by atoms with Crippen LogP contribution in [0.3, 0.4) is 0 Å². The predicted octanol–water partition coefficient (Wildman–Crippen LogP) is 4.23. The molecule has 0 unspecified atom stereocenters. The highest BCUT2D eigenvalue weighted by molar-refractivity contribution is 7.16. The molecule has 1 amide bonds. The van der Waals surface area contributed by atoms with Crippen LogP contribution in [-0.2, 0) is 17.6 Å². The van der Waals surface area contributed by atoms with Crippen LogP contribution in [0.4, 0.5) is 10.7 Å². The Labute approximate surface area is 147 Å². The smallest absolute Gasteiger partial charge is 0.225 e. The lowest BCUT2D eigenvalue weighted by Crippen LogP contribution is -2.13. The molecular formula is C17H24ClN3OS. The Morgan fingerprint density at radius 3 is 2.70 bits per heavy atom. The highest BCUT2D eigenvalue weighted by atomic mass is 35.5. The van der Waals surface area contributed by atoms with Crippen molar-refractivity contribution in [2.24, 2.45) is 5.92 Å². The highest BCUT2D eigenvalue weighted by Crippen LogP contribution is 2.26. The number of nitrogens with one attached hydrogen (secondary N) is 1. The van der Waals surface area contributed by atoms with Crippen LogP contribution in [-0.4, -0.2) is 10.9 Å². The summed E-state index contributed by atoms with van der Waals surface area (Å²) in [5.41, 5.74) is 8.65. The van der Waals surface area contributed by atoms with Crippen LogP contribution < -0.4 is 11.1 Å². The van der Waals surface area contributed by atoms with Gasteiger partial charge in [0, 0.05) is 12.1 Å². The van der Waals surface area contributed by atoms with Crippen LogP contribution in [0.5, 0.6) is 0 Å². The molecule has 3 N–H and O–H groups in total. The van der Waals surface area contributed by atoms with Gasteiger partial charge in [-0.05, 0) is 37.3 Å². The van der Waals surface area contributed by atoms with Gasteiger partial charge in [-0.15, -0.1) is 23.7 Å². The number of carbonyl (C=O) groups is 1. The van der Waals surface area contributed by atoms with Gasteiger partial charge in [-0.3, -0.25) is 4.79 Å². The standard InChI is InChI=1S/C17H23N3OS.ClH/c1-11(2)10-15-17(22-12(3)19-15)20-16(21)9-8-13-6-4-5-7-14(13)18;/h4-7,11H,8-10,18H2,1-3H3,(H,20,21);1H. The average molecular weight is 354 g/mol. The Bertz CT molecular complexity index is 655. The zero-order valence-corrected chi connectivity index (χ0v) is 15.4. The van der Waals surface area contributed by atoms with Gasteiger partial charge in [0.15, 0.2) is 0 Å². The van der Waals surface area contributed by atoms with Crippen molar-refractivity contribution in [1.82, 2.24) is 4.98 Å². The van der Waals surface area contributed by atoms with Crippen molar-refractivity contribution in [1.29, 1.82) is 0 Å². The molecule has 0 saturated heterocycles. The maximum absolute atomic E-state index is 12.2. The van der Waals surface area contributed by atoms with E-state index in [2.05, 4.69) is 24.1 Å². The number of hydrogen-bond acceptors (Lipinski definition) is 4. The van der Waals surface area contributed by atoms with Crippen LogP contribution in [0.15, 0.2) is 24.3 Å². The van der Waals surface area contributed by atoms with E-state index in [9.17, 15) is 4.79 Å². The summed E-state index contributed by atoms with van der Waals surface area (Å²) in [5, 5.41) is 4.87. The van der Waals surface area contributed by atoms with Gasteiger partial charge in [-0.1, -0.05) is 32.0 Å². The van der Waals surface area contributed by atoms with Crippen LogP contribution in [0, 0.1) is 12.8 Å². The van der Waals surface area contributed by atoms with E-state index < -0.39 is 0 Å². The predicted molar refractivity (Wildman–Crippen MR) is 100 cm³/mol. The van der Waals surface area contributed by atoms with E-state index in [1.54, 1.807) is 11.3 Å². The topological polar surface area (TPSA) is 68.0 Å². The van der Waals surface area contributed by atoms with Crippen molar-refractivity contribution in [3.8, 4) is 0 Å². The first-order valence-corrected chi connectivity index (χ1v) is 8.37. The van der Waals surface area contributed by atoms with Gasteiger partial charge in [-0.25, -0.2) is 4.98 Å². The minimum Gasteiger partial charge on any atom is -0.399 e. The lowest BCUT2D eigenvalue weighted by atomic mass is 10.1. The Hall–Kier alpha value is -1.59. The van der Waals surface area contributed by atoms with Crippen molar-refractivity contribution >= 4 is 40.3 Å². The fourth-order valence-corrected chi connectivity index (χ4v) is 3.16. The molecule has 0 fully saturated rings. The lowest BCUT2D eigenvalue weighted by Gasteiger charge is -2.08. The number of rotatable bonds is 6. The minimum absolute atomic E-state index is 0. The molecule has 23 heavy (non-hydrogen) atoms. The van der Waals surface area contributed by atoms with Crippen LogP contribution in [0.1, 0.15) is 36.5 Å². The van der Waals surface area contributed by atoms with Gasteiger partial charge in [0.1, 0.15) is 5.00 Å². The monoisotopic (exact) mass is 353 g/mol. The van der Waals surface area contributed by atoms with Gasteiger partial charge in [0.25, 0.3) is 0 Å². The molecule has 0 atom stereocenters. The maximum Gasteiger partial charge on any atom is 0.225 e. The molecule has 1 aromatic carbocycles. The van der Waals surface area contributed by atoms with Gasteiger partial charge in [-0.2, -0.15) is 0 Å². The van der Waals surface area contributed by atoms with Crippen molar-refractivity contribution in [3.63, 3.8) is 0 Å². The fourth-order valence-electron chi connectivity index (χ4n) is 2.29. The summed E-state index contributed by atoms with van der Waals surface area (Å²) < 4.78 is 0. The third-order valence-corrected chi connectivity index (χ3v) is 4.26. The van der Waals surface area contributed by atoms with Gasteiger partial charge in [0.05, 0.1) is 10.7 Å². The number of para-hydroxylation sites is 1. The number of aryl methyl sites for hydroxylation is 2. The molecule has 0 aliphatic carbocycles. The van der Waals surface area contributed by atoms with Crippen molar-refractivity contribution in [3.05, 3.63) is 40.5 Å². The molecule has 126 valence electrons. The molecule has 1 heterocycles. The Morgan fingerprint density at radius 1 is 1.35 bits per heavy atom. The fraction of sp³-hybridized carbons (Fsp3) is 0.412. The molecule has 2 rings (SSSR count). The number of thiazole rings is 1. The van der Waals surface area contributed by atoms with E-state index >= 15 is 0 Å². The molecule has 1 aromatic heterocycles. The van der Waals surface area contributed by atoms with E-state index in [0.29, 0.717) is 18.8 Å². The number of aromatic nitrogens is 1. The second kappa shape index (κ2) is 8.89. The van der Waals surface area contributed by atoms with E-state index in [1.807, 2.05) is 31.2 Å². The molecule has 0 aliphatic rings. The number of hydrogen-bond donors (Lipinski definition) is 2. The summed E-state index contributed by atoms with van der Waals surface area (Å²) >= 11 is 1.54. The van der Waals surface area contributed by atoms with E-state index in [1.165, 1.54) is 0 Å². The molecule has 0 saturated carbocycles. The van der Waals surface area contributed by atoms with Crippen LogP contribution in [0.25, 0.3) is 0 Å². The molecular weight excluding hydrogens is 330 g/mol. The first kappa shape index (κ1) is 19.5. The molecule has 0 bridgehead atoms. The molecule has 2 aromatic rings. The first-order valence-electron chi connectivity index (χ1n) is 7.55. The summed E-state index contributed by atoms with van der Waals surface area (Å²) in [7, 11) is 0. The number of amides is 1. The molecule has 4 nitrogen and oxygen atoms in total. The summed E-state index contributed by atoms with van der Waals surface area (Å²) in [5.74, 6) is 0.526. The van der Waals surface area contributed by atoms with Crippen molar-refractivity contribution in [2.45, 2.75) is 40.0 Å². The zero-order chi connectivity index (χ0) is 16.1. The zero-order valence-electron chi connectivity index (χ0n) is 13.8. The second-order valence-corrected chi connectivity index (χ2v) is 7.06. The number of nitrogens with zero attached hydrogens (tertiary/aromatic N) is 1. The number of halogens is 1. The average Bonchev–Trinajstić information content (AvgIpc) is 2.77. The largest absolute Gasteiger partial charge is 0.399 e. The van der Waals surface area contributed by atoms with E-state index in [4.69, 9.17) is 5.73 Å². The van der Waals surface area contributed by atoms with Crippen molar-refractivity contribution in [2.75, 3.05) is 11.1 Å². The summed E-state index contributed by atoms with van der Waals surface area (Å²) in [4.78, 5) is 16.7. The quantitative estimate of drug-likeness (QED) is 0.764. The number of nitrogen functional groups attached to an aromatic ring is 1. The van der Waals surface area contributed by atoms with Crippen LogP contribution in [0.2, 0.25) is 0 Å². The third-order valence-electron chi connectivity index (χ3n) is 3.34. The first-order chi connectivity index (χ1) is 10.5. The lowest BCUT2D eigenvalue weighted by molar-refractivity contribution is -0.116. The summed E-state index contributed by atoms with van der Waals surface area (Å²) in [6.07, 6.45) is 1.95. The van der Waals surface area contributed by atoms with E-state index in [-0.39, 0.29) is 18.3 Å². The second-order valence-electron chi connectivity index (χ2n) is 5.85. The number of carbonyl (C=O) groups excluding carboxylic acids is 1. The van der Waals surface area contributed by atoms with Gasteiger partial charge >= 0.3 is 0 Å². The van der Waals surface area contributed by atoms with Crippen LogP contribution >= 0.6 is 23.7 Å². The summed E-state index contributed by atoms with van der Waals surface area (Å²) in [6.45, 7) is 6.27.